The third-order valence-electron chi connectivity index (χ3n) is 6.45. The largest absolute Gasteiger partial charge is 0.489 e. The molecule has 0 bridgehead atoms. The molecule has 1 atom stereocenters. The first-order valence-corrected chi connectivity index (χ1v) is 13.2. The zero-order chi connectivity index (χ0) is 25.9. The van der Waals surface area contributed by atoms with Gasteiger partial charge in [0.1, 0.15) is 24.0 Å². The molecule has 1 aliphatic heterocycles. The van der Waals surface area contributed by atoms with E-state index in [1.807, 2.05) is 36.4 Å². The maximum atomic E-state index is 11.4. The smallest absolute Gasteiger partial charge is 0.226 e. The Morgan fingerprint density at radius 1 is 1.24 bits per heavy atom. The number of aromatic nitrogens is 4. The predicted molar refractivity (Wildman–Crippen MR) is 146 cm³/mol. The molecule has 5 rings (SSSR count). The van der Waals surface area contributed by atoms with E-state index in [0.29, 0.717) is 21.7 Å². The number of hydrogen-bond donors (Lipinski definition) is 3. The van der Waals surface area contributed by atoms with E-state index < -0.39 is 11.8 Å². The van der Waals surface area contributed by atoms with Crippen LogP contribution in [0, 0.1) is 0 Å². The summed E-state index contributed by atoms with van der Waals surface area (Å²) in [6.45, 7) is 3.77. The third-order valence-corrected chi connectivity index (χ3v) is 7.85. The van der Waals surface area contributed by atoms with Crippen LogP contribution in [0.3, 0.4) is 0 Å². The summed E-state index contributed by atoms with van der Waals surface area (Å²) in [7, 11) is 2.13. The second-order valence-corrected chi connectivity index (χ2v) is 10.6. The standard InChI is InChI=1S/C26H28ClN7O2S/c1-15(24(28)35)20-13-29-26(33-20)37-22-7-6-16(12-18(22)27)32-25-23-19(30-14-31-25)4-3-5-21(23)36-17-8-10-34(2)11-9-17/h3-7,12-15,17H,8-11H2,1-2H3,(H2,28,35)(H,29,33)(H,30,31,32). The van der Waals surface area contributed by atoms with Crippen molar-refractivity contribution in [3.8, 4) is 5.75 Å². The fraction of sp³-hybridized carbons (Fsp3) is 0.308. The van der Waals surface area contributed by atoms with Crippen molar-refractivity contribution in [3.63, 3.8) is 0 Å². The van der Waals surface area contributed by atoms with Crippen LogP contribution in [0.2, 0.25) is 5.02 Å². The van der Waals surface area contributed by atoms with Gasteiger partial charge in [0.2, 0.25) is 5.91 Å². The molecular weight excluding hydrogens is 510 g/mol. The predicted octanol–water partition coefficient (Wildman–Crippen LogP) is 4.96. The lowest BCUT2D eigenvalue weighted by Crippen LogP contribution is -2.35. The highest BCUT2D eigenvalue weighted by Crippen LogP contribution is 2.37. The maximum Gasteiger partial charge on any atom is 0.226 e. The van der Waals surface area contributed by atoms with Gasteiger partial charge in [0.15, 0.2) is 5.16 Å². The van der Waals surface area contributed by atoms with E-state index in [1.165, 1.54) is 18.1 Å². The summed E-state index contributed by atoms with van der Waals surface area (Å²) >= 11 is 7.99. The fourth-order valence-electron chi connectivity index (χ4n) is 4.20. The number of imidazole rings is 1. The highest BCUT2D eigenvalue weighted by atomic mass is 35.5. The van der Waals surface area contributed by atoms with Gasteiger partial charge < -0.3 is 25.7 Å². The van der Waals surface area contributed by atoms with Gasteiger partial charge in [0.05, 0.1) is 21.8 Å². The second kappa shape index (κ2) is 11.0. The van der Waals surface area contributed by atoms with Crippen molar-refractivity contribution in [1.29, 1.82) is 0 Å². The number of nitrogens with one attached hydrogen (secondary N) is 2. The van der Waals surface area contributed by atoms with Crippen molar-refractivity contribution in [2.24, 2.45) is 5.73 Å². The van der Waals surface area contributed by atoms with Crippen LogP contribution in [-0.2, 0) is 4.79 Å². The van der Waals surface area contributed by atoms with Crippen molar-refractivity contribution in [1.82, 2.24) is 24.8 Å². The summed E-state index contributed by atoms with van der Waals surface area (Å²) in [5.41, 5.74) is 7.64. The number of rotatable bonds is 8. The Morgan fingerprint density at radius 2 is 2.05 bits per heavy atom. The number of fused-ring (bicyclic) bond motifs is 1. The Labute approximate surface area is 224 Å². The minimum Gasteiger partial charge on any atom is -0.489 e. The van der Waals surface area contributed by atoms with Crippen molar-refractivity contribution >= 4 is 51.7 Å². The molecule has 2 aromatic heterocycles. The normalized spacial score (nSPS) is 15.5. The first kappa shape index (κ1) is 25.3. The summed E-state index contributed by atoms with van der Waals surface area (Å²) in [6, 6.07) is 11.6. The number of amides is 1. The van der Waals surface area contributed by atoms with Gasteiger partial charge in [-0.05, 0) is 57.1 Å². The molecule has 4 N–H and O–H groups in total. The maximum absolute atomic E-state index is 11.4. The highest BCUT2D eigenvalue weighted by Gasteiger charge is 2.20. The van der Waals surface area contributed by atoms with E-state index >= 15 is 0 Å². The Bertz CT molecular complexity index is 1420. The molecule has 11 heteroatoms. The number of halogens is 1. The molecule has 3 heterocycles. The van der Waals surface area contributed by atoms with Crippen LogP contribution in [0.5, 0.6) is 5.75 Å². The first-order valence-electron chi connectivity index (χ1n) is 12.0. The van der Waals surface area contributed by atoms with E-state index in [-0.39, 0.29) is 6.10 Å². The lowest BCUT2D eigenvalue weighted by molar-refractivity contribution is -0.119. The number of primary amides is 1. The molecule has 1 amide bonds. The summed E-state index contributed by atoms with van der Waals surface area (Å²) in [4.78, 5) is 31.0. The average molecular weight is 538 g/mol. The molecule has 192 valence electrons. The van der Waals surface area contributed by atoms with Gasteiger partial charge in [-0.25, -0.2) is 15.0 Å². The summed E-state index contributed by atoms with van der Waals surface area (Å²) in [5.74, 6) is 0.569. The summed E-state index contributed by atoms with van der Waals surface area (Å²) in [6.07, 6.45) is 5.28. The van der Waals surface area contributed by atoms with Crippen LogP contribution in [0.15, 0.2) is 59.0 Å². The van der Waals surface area contributed by atoms with E-state index in [9.17, 15) is 4.79 Å². The van der Waals surface area contributed by atoms with Gasteiger partial charge in [-0.1, -0.05) is 29.4 Å². The van der Waals surface area contributed by atoms with Crippen LogP contribution >= 0.6 is 23.4 Å². The molecule has 0 spiro atoms. The number of nitrogens with two attached hydrogens (primary N) is 1. The molecule has 1 fully saturated rings. The van der Waals surface area contributed by atoms with Gasteiger partial charge in [-0.2, -0.15) is 0 Å². The van der Waals surface area contributed by atoms with Crippen molar-refractivity contribution in [2.45, 2.75) is 41.8 Å². The van der Waals surface area contributed by atoms with Crippen molar-refractivity contribution < 1.29 is 9.53 Å². The number of H-pyrrole nitrogens is 1. The van der Waals surface area contributed by atoms with Crippen molar-refractivity contribution in [3.05, 3.63) is 59.6 Å². The van der Waals surface area contributed by atoms with Gasteiger partial charge in [0, 0.05) is 35.6 Å². The summed E-state index contributed by atoms with van der Waals surface area (Å²) < 4.78 is 6.42. The molecule has 1 saturated heterocycles. The van der Waals surface area contributed by atoms with Gasteiger partial charge in [0.25, 0.3) is 0 Å². The number of piperidine rings is 1. The van der Waals surface area contributed by atoms with Gasteiger partial charge in [-0.3, -0.25) is 4.79 Å². The van der Waals surface area contributed by atoms with Crippen LogP contribution in [-0.4, -0.2) is 57.0 Å². The molecule has 0 saturated carbocycles. The van der Waals surface area contributed by atoms with E-state index in [2.05, 4.69) is 37.2 Å². The first-order chi connectivity index (χ1) is 17.9. The minimum atomic E-state index is -0.445. The quantitative estimate of drug-likeness (QED) is 0.288. The van der Waals surface area contributed by atoms with Crippen LogP contribution in [0.1, 0.15) is 31.4 Å². The molecule has 1 aliphatic rings. The highest BCUT2D eigenvalue weighted by molar-refractivity contribution is 7.99. The van der Waals surface area contributed by atoms with Crippen molar-refractivity contribution in [2.75, 3.05) is 25.5 Å². The number of nitrogens with zero attached hydrogens (tertiary/aromatic N) is 4. The molecule has 0 aliphatic carbocycles. The van der Waals surface area contributed by atoms with Crippen LogP contribution in [0.4, 0.5) is 11.5 Å². The Kier molecular flexibility index (Phi) is 7.50. The number of aromatic amines is 1. The third kappa shape index (κ3) is 5.82. The summed E-state index contributed by atoms with van der Waals surface area (Å²) in [5, 5.41) is 5.41. The zero-order valence-corrected chi connectivity index (χ0v) is 22.1. The lowest BCUT2D eigenvalue weighted by atomic mass is 10.1. The number of likely N-dealkylation sites (tertiary alicyclic amines) is 1. The molecule has 0 radical (unpaired) electrons. The van der Waals surface area contributed by atoms with Crippen LogP contribution in [0.25, 0.3) is 10.9 Å². The number of carbonyl (C=O) groups is 1. The molecule has 1 unspecified atom stereocenters. The molecule has 4 aromatic rings. The monoisotopic (exact) mass is 537 g/mol. The van der Waals surface area contributed by atoms with Gasteiger partial charge in [-0.15, -0.1) is 0 Å². The fourth-order valence-corrected chi connectivity index (χ4v) is 5.27. The average Bonchev–Trinajstić information content (AvgIpc) is 3.35. The zero-order valence-electron chi connectivity index (χ0n) is 20.6. The number of benzene rings is 2. The van der Waals surface area contributed by atoms with E-state index in [1.54, 1.807) is 13.1 Å². The second-order valence-electron chi connectivity index (χ2n) is 9.13. The lowest BCUT2D eigenvalue weighted by Gasteiger charge is -2.29. The van der Waals surface area contributed by atoms with E-state index in [0.717, 1.165) is 53.2 Å². The topological polar surface area (TPSA) is 122 Å². The van der Waals surface area contributed by atoms with Crippen LogP contribution < -0.4 is 15.8 Å². The van der Waals surface area contributed by atoms with Gasteiger partial charge >= 0.3 is 0 Å². The Morgan fingerprint density at radius 3 is 2.81 bits per heavy atom. The molecule has 9 nitrogen and oxygen atoms in total. The number of anilines is 2. The minimum absolute atomic E-state index is 0.161. The Balaban J connectivity index is 1.35. The molecule has 2 aromatic carbocycles. The number of ether oxygens (including phenoxy) is 1. The molecule has 37 heavy (non-hydrogen) atoms. The van der Waals surface area contributed by atoms with E-state index in [4.69, 9.17) is 22.1 Å². The Hall–Kier alpha value is -3.34. The molecular formula is C26H28ClN7O2S. The number of carbonyl (C=O) groups excluding carboxylic acids is 1. The number of hydrogen-bond acceptors (Lipinski definition) is 8. The SMILES string of the molecule is CC(C(N)=O)c1cnc(Sc2ccc(Nc3ncnc4cccc(OC5CCN(C)CC5)c34)cc2Cl)[nH]1.